The number of benzene rings is 4. The van der Waals surface area contributed by atoms with Gasteiger partial charge in [-0.3, -0.25) is 4.79 Å². The number of rotatable bonds is 10. The Morgan fingerprint density at radius 2 is 1.85 bits per heavy atom. The molecule has 5 aromatic rings. The van der Waals surface area contributed by atoms with Crippen molar-refractivity contribution in [2.75, 3.05) is 24.4 Å². The molecular formula is C39H33N7O7S2. The number of anilines is 2. The first kappa shape index (κ1) is 35.6. The average molecular weight is 776 g/mol. The van der Waals surface area contributed by atoms with Gasteiger partial charge in [-0.05, 0) is 92.6 Å². The van der Waals surface area contributed by atoms with E-state index < -0.39 is 5.97 Å². The van der Waals surface area contributed by atoms with Crippen molar-refractivity contribution in [3.05, 3.63) is 94.9 Å². The number of hydrogen-bond donors (Lipinski definition) is 4. The molecule has 0 spiro atoms. The molecule has 3 aromatic carbocycles. The minimum absolute atomic E-state index is 0.00585. The van der Waals surface area contributed by atoms with Crippen molar-refractivity contribution in [1.29, 1.82) is 0 Å². The fourth-order valence-corrected chi connectivity index (χ4v) is 7.97. The van der Waals surface area contributed by atoms with Gasteiger partial charge in [0.2, 0.25) is 6.79 Å². The van der Waals surface area contributed by atoms with Crippen LogP contribution in [-0.2, 0) is 6.54 Å². The number of nitrogen functional groups attached to an aromatic ring is 1. The van der Waals surface area contributed by atoms with Gasteiger partial charge < -0.3 is 44.6 Å². The molecule has 1 aliphatic carbocycles. The first-order chi connectivity index (χ1) is 26.5. The number of aromatic hydroxyl groups is 1. The van der Waals surface area contributed by atoms with Crippen LogP contribution in [0.4, 0.5) is 11.5 Å². The van der Waals surface area contributed by atoms with Crippen LogP contribution >= 0.6 is 24.0 Å². The number of phenolic OH excluding ortho intramolecular Hbond substituents is 1. The second-order valence-electron chi connectivity index (χ2n) is 13.0. The number of carbonyl (C=O) groups is 1. The molecule has 8 rings (SSSR count). The van der Waals surface area contributed by atoms with E-state index in [9.17, 15) is 19.8 Å². The molecule has 4 heterocycles. The average Bonchev–Trinajstić information content (AvgIpc) is 3.77. The highest BCUT2D eigenvalue weighted by atomic mass is 32.2. The Hall–Kier alpha value is -6.39. The molecule has 0 unspecified atom stereocenters. The number of nitrogens with one attached hydrogen (secondary N) is 1. The quantitative estimate of drug-likeness (QED) is 0.0814. The van der Waals surface area contributed by atoms with Gasteiger partial charge in [0.15, 0.2) is 44.2 Å². The smallest absolute Gasteiger partial charge is 0.336 e. The third-order valence-corrected chi connectivity index (χ3v) is 10.5. The van der Waals surface area contributed by atoms with E-state index in [0.29, 0.717) is 85.8 Å². The molecule has 0 atom stereocenters. The number of aryl methyl sites for hydroxylation is 1. The minimum atomic E-state index is -1.15. The van der Waals surface area contributed by atoms with Crippen molar-refractivity contribution in [3.8, 4) is 39.7 Å². The van der Waals surface area contributed by atoms with E-state index in [1.165, 1.54) is 48.4 Å². The van der Waals surface area contributed by atoms with Crippen LogP contribution < -0.4 is 26.0 Å². The van der Waals surface area contributed by atoms with Crippen LogP contribution in [0, 0.1) is 0 Å². The summed E-state index contributed by atoms with van der Waals surface area (Å²) in [5.41, 5.74) is 9.39. The Morgan fingerprint density at radius 1 is 1.04 bits per heavy atom. The van der Waals surface area contributed by atoms with Crippen LogP contribution in [0.1, 0.15) is 30.6 Å². The number of ether oxygens (including phenoxy) is 2. The van der Waals surface area contributed by atoms with Crippen molar-refractivity contribution < 1.29 is 28.9 Å². The molecule has 0 amide bonds. The monoisotopic (exact) mass is 775 g/mol. The van der Waals surface area contributed by atoms with Crippen LogP contribution in [0.5, 0.6) is 17.2 Å². The standard InChI is InChI=1S/C39H33N7O7S2/c1-20(2)45(12-3-13-46-36-34(35(40)41-18-42-36)44-39(46)55-24-7-11-29-32(17-24)52-19-51-29)38(54)43-21-4-8-25(28(14-21)37(49)50)33-26-9-5-22(47)15-30(26)53-31-16-23(48)6-10-27(31)33/h4-11,14-18,20,47H,3,12-13,19H2,1-2H3,(H,43,54)(H,49,50)(H2,40,41,42). The predicted octanol–water partition coefficient (Wildman–Crippen LogP) is 7.07. The van der Waals surface area contributed by atoms with Gasteiger partial charge >= 0.3 is 5.97 Å². The normalized spacial score (nSPS) is 12.2. The van der Waals surface area contributed by atoms with Crippen molar-refractivity contribution >= 4 is 68.7 Å². The highest BCUT2D eigenvalue weighted by molar-refractivity contribution is 7.99. The molecule has 2 aliphatic heterocycles. The Kier molecular flexibility index (Phi) is 9.36. The van der Waals surface area contributed by atoms with Crippen LogP contribution in [0.3, 0.4) is 0 Å². The number of hydrogen-bond acceptors (Lipinski definition) is 12. The SMILES string of the molecule is CC(C)N(CCCn1c(Sc2ccc3c(c2)OCO3)nc2c(N)ncnc21)C(=S)Nc1ccc(-c2c3ccc(=O)cc-3oc3cc(O)ccc23)c(C(=O)O)c1. The number of aromatic nitrogens is 4. The van der Waals surface area contributed by atoms with Gasteiger partial charge in [0.1, 0.15) is 23.4 Å². The van der Waals surface area contributed by atoms with E-state index in [1.807, 2.05) is 41.5 Å². The molecule has 278 valence electrons. The Bertz CT molecular complexity index is 2680. The summed E-state index contributed by atoms with van der Waals surface area (Å²) in [5.74, 6) is 0.737. The second kappa shape index (κ2) is 14.4. The van der Waals surface area contributed by atoms with Gasteiger partial charge in [-0.2, -0.15) is 0 Å². The molecule has 0 saturated carbocycles. The summed E-state index contributed by atoms with van der Waals surface area (Å²) in [6.07, 6.45) is 2.08. The maximum absolute atomic E-state index is 12.8. The molecule has 3 aliphatic rings. The van der Waals surface area contributed by atoms with Gasteiger partial charge in [0.25, 0.3) is 0 Å². The lowest BCUT2D eigenvalue weighted by atomic mass is 9.90. The third-order valence-electron chi connectivity index (χ3n) is 9.19. The highest BCUT2D eigenvalue weighted by Gasteiger charge is 2.24. The van der Waals surface area contributed by atoms with Crippen LogP contribution in [0.2, 0.25) is 0 Å². The number of fused-ring (bicyclic) bond motifs is 4. The van der Waals surface area contributed by atoms with Gasteiger partial charge in [-0.15, -0.1) is 0 Å². The number of thiocarbonyl (C=S) groups is 1. The number of carboxylic acids is 1. The largest absolute Gasteiger partial charge is 0.508 e. The highest BCUT2D eigenvalue weighted by Crippen LogP contribution is 2.43. The zero-order valence-corrected chi connectivity index (χ0v) is 31.1. The van der Waals surface area contributed by atoms with Gasteiger partial charge in [-0.1, -0.05) is 17.8 Å². The van der Waals surface area contributed by atoms with E-state index in [-0.39, 0.29) is 41.2 Å². The second-order valence-corrected chi connectivity index (χ2v) is 14.5. The van der Waals surface area contributed by atoms with Gasteiger partial charge in [0.05, 0.1) is 5.56 Å². The number of nitrogens with two attached hydrogens (primary N) is 1. The summed E-state index contributed by atoms with van der Waals surface area (Å²) < 4.78 is 19.0. The van der Waals surface area contributed by atoms with Crippen molar-refractivity contribution in [3.63, 3.8) is 0 Å². The Balaban J connectivity index is 1.04. The molecule has 0 fully saturated rings. The van der Waals surface area contributed by atoms with E-state index in [2.05, 4.69) is 15.3 Å². The topological polar surface area (TPSA) is 191 Å². The van der Waals surface area contributed by atoms with E-state index in [4.69, 9.17) is 36.8 Å². The number of imidazole rings is 1. The Labute approximate surface area is 322 Å². The zero-order chi connectivity index (χ0) is 38.4. The molecule has 0 radical (unpaired) electrons. The maximum atomic E-state index is 12.8. The lowest BCUT2D eigenvalue weighted by Gasteiger charge is -2.30. The van der Waals surface area contributed by atoms with Crippen molar-refractivity contribution in [2.45, 2.75) is 42.9 Å². The Morgan fingerprint density at radius 3 is 2.67 bits per heavy atom. The maximum Gasteiger partial charge on any atom is 0.336 e. The lowest BCUT2D eigenvalue weighted by molar-refractivity contribution is 0.0697. The molecule has 2 aromatic heterocycles. The summed E-state index contributed by atoms with van der Waals surface area (Å²) in [7, 11) is 0. The van der Waals surface area contributed by atoms with Crippen molar-refractivity contribution in [2.24, 2.45) is 0 Å². The van der Waals surface area contributed by atoms with E-state index >= 15 is 0 Å². The fraction of sp³-hybridized carbons (Fsp3) is 0.179. The summed E-state index contributed by atoms with van der Waals surface area (Å²) in [6.45, 7) is 5.34. The van der Waals surface area contributed by atoms with Gasteiger partial charge in [-0.25, -0.2) is 19.7 Å². The number of aromatic carboxylic acids is 1. The predicted molar refractivity (Wildman–Crippen MR) is 212 cm³/mol. The minimum Gasteiger partial charge on any atom is -0.508 e. The molecule has 16 heteroatoms. The molecular weight excluding hydrogens is 743 g/mol. The number of carboxylic acid groups (broad SMARTS) is 1. The first-order valence-electron chi connectivity index (χ1n) is 17.2. The molecule has 0 bridgehead atoms. The summed E-state index contributed by atoms with van der Waals surface area (Å²) >= 11 is 7.35. The van der Waals surface area contributed by atoms with Crippen molar-refractivity contribution in [1.82, 2.24) is 24.4 Å². The van der Waals surface area contributed by atoms with Crippen LogP contribution in [0.25, 0.3) is 44.6 Å². The molecule has 55 heavy (non-hydrogen) atoms. The molecule has 14 nitrogen and oxygen atoms in total. The zero-order valence-electron chi connectivity index (χ0n) is 29.5. The fourth-order valence-electron chi connectivity index (χ4n) is 6.61. The summed E-state index contributed by atoms with van der Waals surface area (Å²) in [4.78, 5) is 41.4. The van der Waals surface area contributed by atoms with E-state index in [1.54, 1.807) is 24.3 Å². The van der Waals surface area contributed by atoms with Gasteiger partial charge in [0, 0.05) is 58.4 Å². The van der Waals surface area contributed by atoms with Crippen LogP contribution in [-0.4, -0.2) is 65.1 Å². The number of phenols is 1. The van der Waals surface area contributed by atoms with Crippen LogP contribution in [0.15, 0.2) is 98.4 Å². The lowest BCUT2D eigenvalue weighted by Crippen LogP contribution is -2.40. The first-order valence-corrected chi connectivity index (χ1v) is 18.5. The molecule has 0 saturated heterocycles. The summed E-state index contributed by atoms with van der Waals surface area (Å²) in [5, 5.41) is 25.5. The number of nitrogens with zero attached hydrogens (tertiary/aromatic N) is 5. The van der Waals surface area contributed by atoms with E-state index in [0.717, 1.165) is 4.90 Å². The summed E-state index contributed by atoms with van der Waals surface area (Å²) in [6, 6.07) is 19.7. The molecule has 5 N–H and O–H groups in total. The third kappa shape index (κ3) is 6.92.